The number of hydrogen-bond donors (Lipinski definition) is 0. The second kappa shape index (κ2) is 4.85. The molecule has 0 amide bonds. The number of rotatable bonds is 4. The third kappa shape index (κ3) is 2.72. The van der Waals surface area contributed by atoms with Crippen LogP contribution in [0.4, 0.5) is 4.39 Å². The molecule has 0 radical (unpaired) electrons. The molecule has 0 unspecified atom stereocenters. The van der Waals surface area contributed by atoms with Crippen molar-refractivity contribution >= 4 is 0 Å². The summed E-state index contributed by atoms with van der Waals surface area (Å²) >= 11 is 0. The van der Waals surface area contributed by atoms with E-state index in [1.54, 1.807) is 12.1 Å². The molecular formula is C11H15FO. The average Bonchev–Trinajstić information content (AvgIpc) is 2.16. The summed E-state index contributed by atoms with van der Waals surface area (Å²) in [5.74, 6) is 0.617. The van der Waals surface area contributed by atoms with Crippen LogP contribution in [0.3, 0.4) is 0 Å². The largest absolute Gasteiger partial charge is 0.494 e. The van der Waals surface area contributed by atoms with Crippen molar-refractivity contribution in [3.8, 4) is 5.75 Å². The molecule has 2 heteroatoms. The lowest BCUT2D eigenvalue weighted by Crippen LogP contribution is -1.96. The molecule has 0 saturated heterocycles. The summed E-state index contributed by atoms with van der Waals surface area (Å²) in [6.45, 7) is 4.67. The van der Waals surface area contributed by atoms with Gasteiger partial charge in [0.05, 0.1) is 6.61 Å². The zero-order valence-corrected chi connectivity index (χ0v) is 8.14. The summed E-state index contributed by atoms with van der Waals surface area (Å²) in [7, 11) is 0. The van der Waals surface area contributed by atoms with Crippen molar-refractivity contribution in [2.75, 3.05) is 6.61 Å². The highest BCUT2D eigenvalue weighted by Gasteiger charge is 2.01. The van der Waals surface area contributed by atoms with Gasteiger partial charge < -0.3 is 4.74 Å². The predicted molar refractivity (Wildman–Crippen MR) is 51.6 cm³/mol. The zero-order chi connectivity index (χ0) is 9.68. The summed E-state index contributed by atoms with van der Waals surface area (Å²) in [6, 6.07) is 4.90. The van der Waals surface area contributed by atoms with Crippen molar-refractivity contribution in [1.29, 1.82) is 0 Å². The number of hydrogen-bond acceptors (Lipinski definition) is 1. The Morgan fingerprint density at radius 2 is 2.08 bits per heavy atom. The highest BCUT2D eigenvalue weighted by molar-refractivity contribution is 5.29. The van der Waals surface area contributed by atoms with Gasteiger partial charge in [-0.3, -0.25) is 0 Å². The van der Waals surface area contributed by atoms with E-state index in [2.05, 4.69) is 0 Å². The molecule has 0 atom stereocenters. The van der Waals surface area contributed by atoms with Crippen molar-refractivity contribution in [1.82, 2.24) is 0 Å². The Morgan fingerprint density at radius 3 is 2.69 bits per heavy atom. The Labute approximate surface area is 78.5 Å². The normalized spacial score (nSPS) is 10.1. The lowest BCUT2D eigenvalue weighted by atomic mass is 10.1. The van der Waals surface area contributed by atoms with Crippen LogP contribution in [-0.2, 0) is 6.42 Å². The Morgan fingerprint density at radius 1 is 1.31 bits per heavy atom. The van der Waals surface area contributed by atoms with Gasteiger partial charge in [-0.05, 0) is 36.6 Å². The van der Waals surface area contributed by atoms with Crippen molar-refractivity contribution in [3.63, 3.8) is 0 Å². The van der Waals surface area contributed by atoms with Crippen LogP contribution in [0.15, 0.2) is 18.2 Å². The van der Waals surface area contributed by atoms with Crippen molar-refractivity contribution < 1.29 is 9.13 Å². The molecule has 0 saturated carbocycles. The van der Waals surface area contributed by atoms with E-state index in [1.165, 1.54) is 6.07 Å². The maximum absolute atomic E-state index is 13.0. The summed E-state index contributed by atoms with van der Waals surface area (Å²) in [4.78, 5) is 0. The molecule has 0 spiro atoms. The van der Waals surface area contributed by atoms with Crippen LogP contribution in [0.1, 0.15) is 25.8 Å². The summed E-state index contributed by atoms with van der Waals surface area (Å²) < 4.78 is 18.4. The summed E-state index contributed by atoms with van der Waals surface area (Å²) in [5.41, 5.74) is 0.716. The molecule has 1 aromatic carbocycles. The molecular weight excluding hydrogens is 167 g/mol. The van der Waals surface area contributed by atoms with E-state index in [4.69, 9.17) is 4.74 Å². The molecule has 0 bridgehead atoms. The second-order valence-corrected chi connectivity index (χ2v) is 2.96. The maximum atomic E-state index is 13.0. The highest BCUT2D eigenvalue weighted by atomic mass is 19.1. The number of ether oxygens (including phenoxy) is 1. The molecule has 0 aliphatic rings. The third-order valence-corrected chi connectivity index (χ3v) is 1.87. The molecule has 72 valence electrons. The topological polar surface area (TPSA) is 9.23 Å². The molecule has 0 heterocycles. The molecule has 1 nitrogen and oxygen atoms in total. The minimum Gasteiger partial charge on any atom is -0.494 e. The second-order valence-electron chi connectivity index (χ2n) is 2.96. The van der Waals surface area contributed by atoms with Gasteiger partial charge in [-0.25, -0.2) is 4.39 Å². The standard InChI is InChI=1S/C11H15FO/c1-3-7-13-10-5-6-11(12)9(4-2)8-10/h5-6,8H,3-4,7H2,1-2H3. The Bertz CT molecular complexity index is 271. The van der Waals surface area contributed by atoms with Crippen molar-refractivity contribution in [2.24, 2.45) is 0 Å². The van der Waals surface area contributed by atoms with Crippen molar-refractivity contribution in [2.45, 2.75) is 26.7 Å². The van der Waals surface area contributed by atoms with Crippen LogP contribution in [0.5, 0.6) is 5.75 Å². The van der Waals surface area contributed by atoms with Gasteiger partial charge in [-0.1, -0.05) is 13.8 Å². The molecule has 0 aliphatic carbocycles. The average molecular weight is 182 g/mol. The van der Waals surface area contributed by atoms with E-state index in [9.17, 15) is 4.39 Å². The Hall–Kier alpha value is -1.05. The van der Waals surface area contributed by atoms with E-state index in [0.717, 1.165) is 12.2 Å². The first kappa shape index (κ1) is 10.0. The summed E-state index contributed by atoms with van der Waals surface area (Å²) in [5, 5.41) is 0. The van der Waals surface area contributed by atoms with Crippen LogP contribution in [0.2, 0.25) is 0 Å². The van der Waals surface area contributed by atoms with Gasteiger partial charge in [0.2, 0.25) is 0 Å². The first-order valence-corrected chi connectivity index (χ1v) is 4.69. The quantitative estimate of drug-likeness (QED) is 0.695. The van der Waals surface area contributed by atoms with E-state index in [1.807, 2.05) is 13.8 Å². The van der Waals surface area contributed by atoms with E-state index < -0.39 is 0 Å². The molecule has 1 rings (SSSR count). The predicted octanol–water partition coefficient (Wildman–Crippen LogP) is 3.18. The van der Waals surface area contributed by atoms with Gasteiger partial charge in [0, 0.05) is 0 Å². The third-order valence-electron chi connectivity index (χ3n) is 1.87. The lowest BCUT2D eigenvalue weighted by molar-refractivity contribution is 0.316. The Balaban J connectivity index is 2.74. The molecule has 0 fully saturated rings. The number of halogens is 1. The lowest BCUT2D eigenvalue weighted by Gasteiger charge is -2.06. The van der Waals surface area contributed by atoms with Gasteiger partial charge in [0.1, 0.15) is 11.6 Å². The number of aryl methyl sites for hydroxylation is 1. The van der Waals surface area contributed by atoms with E-state index in [-0.39, 0.29) is 5.82 Å². The van der Waals surface area contributed by atoms with Gasteiger partial charge >= 0.3 is 0 Å². The molecule has 1 aromatic rings. The van der Waals surface area contributed by atoms with Crippen LogP contribution < -0.4 is 4.74 Å². The first-order valence-electron chi connectivity index (χ1n) is 4.69. The van der Waals surface area contributed by atoms with Crippen LogP contribution in [-0.4, -0.2) is 6.61 Å². The van der Waals surface area contributed by atoms with Crippen LogP contribution in [0, 0.1) is 5.82 Å². The first-order chi connectivity index (χ1) is 6.27. The minimum absolute atomic E-state index is 0.147. The SMILES string of the molecule is CCCOc1ccc(F)c(CC)c1. The highest BCUT2D eigenvalue weighted by Crippen LogP contribution is 2.17. The molecule has 13 heavy (non-hydrogen) atoms. The molecule has 0 aliphatic heterocycles. The van der Waals surface area contributed by atoms with Crippen LogP contribution in [0.25, 0.3) is 0 Å². The Kier molecular flexibility index (Phi) is 3.74. The molecule has 0 N–H and O–H groups in total. The number of benzene rings is 1. The zero-order valence-electron chi connectivity index (χ0n) is 8.14. The van der Waals surface area contributed by atoms with E-state index >= 15 is 0 Å². The van der Waals surface area contributed by atoms with Gasteiger partial charge in [-0.2, -0.15) is 0 Å². The molecule has 0 aromatic heterocycles. The fourth-order valence-electron chi connectivity index (χ4n) is 1.13. The maximum Gasteiger partial charge on any atom is 0.126 e. The fraction of sp³-hybridized carbons (Fsp3) is 0.455. The van der Waals surface area contributed by atoms with Crippen molar-refractivity contribution in [3.05, 3.63) is 29.6 Å². The summed E-state index contributed by atoms with van der Waals surface area (Å²) in [6.07, 6.45) is 1.67. The monoisotopic (exact) mass is 182 g/mol. The van der Waals surface area contributed by atoms with Gasteiger partial charge in [0.25, 0.3) is 0 Å². The van der Waals surface area contributed by atoms with Gasteiger partial charge in [0.15, 0.2) is 0 Å². The van der Waals surface area contributed by atoms with Gasteiger partial charge in [-0.15, -0.1) is 0 Å². The minimum atomic E-state index is -0.147. The van der Waals surface area contributed by atoms with E-state index in [0.29, 0.717) is 18.6 Å². The smallest absolute Gasteiger partial charge is 0.126 e. The fourth-order valence-corrected chi connectivity index (χ4v) is 1.13. The van der Waals surface area contributed by atoms with Crippen LogP contribution >= 0.6 is 0 Å².